The molecule has 0 fully saturated rings. The highest BCUT2D eigenvalue weighted by atomic mass is 16.6. The smallest absolute Gasteiger partial charge is 0.343 e. The van der Waals surface area contributed by atoms with E-state index in [0.717, 1.165) is 11.1 Å². The Morgan fingerprint density at radius 3 is 2.18 bits per heavy atom. The predicted molar refractivity (Wildman–Crippen MR) is 149 cm³/mol. The van der Waals surface area contributed by atoms with Crippen LogP contribution in [0.5, 0.6) is 23.0 Å². The molecule has 8 heteroatoms. The van der Waals surface area contributed by atoms with Crippen molar-refractivity contribution in [1.29, 1.82) is 0 Å². The number of carbonyl (C=O) groups excluding carboxylic acids is 2. The van der Waals surface area contributed by atoms with Gasteiger partial charge in [-0.2, -0.15) is 5.10 Å². The van der Waals surface area contributed by atoms with Gasteiger partial charge in [0.2, 0.25) is 0 Å². The number of carbonyl (C=O) groups is 2. The van der Waals surface area contributed by atoms with E-state index >= 15 is 0 Å². The molecule has 4 aromatic carbocycles. The van der Waals surface area contributed by atoms with Crippen molar-refractivity contribution in [1.82, 2.24) is 5.43 Å². The standard InChI is InChI=1S/C31H28N2O6/c1-3-37-29-19-22(9-18-28(29)39-31(35)25-12-14-26(36-2)15-13-25)20-32-33-30(34)21-38-27-16-10-24(11-17-27)23-7-5-4-6-8-23/h4-20H,3,21H2,1-2H3,(H,33,34)/b32-20+. The Morgan fingerprint density at radius 1 is 0.795 bits per heavy atom. The minimum absolute atomic E-state index is 0.188. The van der Waals surface area contributed by atoms with Crippen LogP contribution in [0.1, 0.15) is 22.8 Å². The Bertz CT molecular complexity index is 1420. The lowest BCUT2D eigenvalue weighted by Crippen LogP contribution is -2.24. The Labute approximate surface area is 226 Å². The van der Waals surface area contributed by atoms with Crippen molar-refractivity contribution in [2.24, 2.45) is 5.10 Å². The fourth-order valence-electron chi connectivity index (χ4n) is 3.58. The molecule has 4 aromatic rings. The molecule has 198 valence electrons. The van der Waals surface area contributed by atoms with Crippen LogP contribution in [-0.2, 0) is 4.79 Å². The molecule has 0 saturated carbocycles. The third-order valence-corrected chi connectivity index (χ3v) is 5.53. The van der Waals surface area contributed by atoms with Crippen LogP contribution < -0.4 is 24.4 Å². The Kier molecular flexibility index (Phi) is 9.28. The van der Waals surface area contributed by atoms with Gasteiger partial charge in [0.05, 0.1) is 25.5 Å². The second-order valence-electron chi connectivity index (χ2n) is 8.23. The summed E-state index contributed by atoms with van der Waals surface area (Å²) in [6.07, 6.45) is 1.46. The summed E-state index contributed by atoms with van der Waals surface area (Å²) in [5.41, 5.74) is 5.62. The Morgan fingerprint density at radius 2 is 1.49 bits per heavy atom. The maximum absolute atomic E-state index is 12.5. The number of rotatable bonds is 11. The molecule has 0 aliphatic carbocycles. The number of hydrazone groups is 1. The highest BCUT2D eigenvalue weighted by Crippen LogP contribution is 2.29. The van der Waals surface area contributed by atoms with E-state index in [-0.39, 0.29) is 12.4 Å². The zero-order chi connectivity index (χ0) is 27.5. The molecule has 0 aliphatic heterocycles. The third kappa shape index (κ3) is 7.69. The summed E-state index contributed by atoms with van der Waals surface area (Å²) in [5, 5.41) is 3.98. The lowest BCUT2D eigenvalue weighted by molar-refractivity contribution is -0.123. The summed E-state index contributed by atoms with van der Waals surface area (Å²) < 4.78 is 21.8. The Hall–Kier alpha value is -5.11. The number of methoxy groups -OCH3 is 1. The number of hydrogen-bond acceptors (Lipinski definition) is 7. The van der Waals surface area contributed by atoms with E-state index in [1.54, 1.807) is 49.6 Å². The van der Waals surface area contributed by atoms with Gasteiger partial charge in [0.1, 0.15) is 11.5 Å². The minimum Gasteiger partial charge on any atom is -0.497 e. The molecular formula is C31H28N2O6. The second-order valence-corrected chi connectivity index (χ2v) is 8.23. The summed E-state index contributed by atoms with van der Waals surface area (Å²) in [6.45, 7) is 2.01. The Balaban J connectivity index is 1.30. The molecule has 4 rings (SSSR count). The van der Waals surface area contributed by atoms with Crippen molar-refractivity contribution in [3.05, 3.63) is 108 Å². The molecule has 39 heavy (non-hydrogen) atoms. The van der Waals surface area contributed by atoms with Crippen molar-refractivity contribution in [2.75, 3.05) is 20.3 Å². The van der Waals surface area contributed by atoms with Crippen LogP contribution in [0.25, 0.3) is 11.1 Å². The first kappa shape index (κ1) is 26.9. The number of esters is 1. The van der Waals surface area contributed by atoms with E-state index < -0.39 is 11.9 Å². The summed E-state index contributed by atoms with van der Waals surface area (Å²) >= 11 is 0. The minimum atomic E-state index is -0.526. The second kappa shape index (κ2) is 13.4. The largest absolute Gasteiger partial charge is 0.497 e. The molecule has 0 bridgehead atoms. The SMILES string of the molecule is CCOc1cc(/C=N/NC(=O)COc2ccc(-c3ccccc3)cc2)ccc1OC(=O)c1ccc(OC)cc1. The number of nitrogens with one attached hydrogen (secondary N) is 1. The molecule has 8 nitrogen and oxygen atoms in total. The van der Waals surface area contributed by atoms with E-state index in [1.165, 1.54) is 6.21 Å². The summed E-state index contributed by atoms with van der Waals surface area (Å²) in [6, 6.07) is 29.1. The van der Waals surface area contributed by atoms with E-state index in [2.05, 4.69) is 10.5 Å². The first-order valence-corrected chi connectivity index (χ1v) is 12.3. The van der Waals surface area contributed by atoms with Gasteiger partial charge >= 0.3 is 5.97 Å². The van der Waals surface area contributed by atoms with Gasteiger partial charge in [-0.15, -0.1) is 0 Å². The average molecular weight is 525 g/mol. The van der Waals surface area contributed by atoms with Crippen LogP contribution in [0.4, 0.5) is 0 Å². The molecule has 0 unspecified atom stereocenters. The lowest BCUT2D eigenvalue weighted by atomic mass is 10.1. The van der Waals surface area contributed by atoms with Gasteiger partial charge in [0, 0.05) is 0 Å². The number of nitrogens with zero attached hydrogens (tertiary/aromatic N) is 1. The van der Waals surface area contributed by atoms with E-state index in [0.29, 0.717) is 35.0 Å². The van der Waals surface area contributed by atoms with Crippen LogP contribution >= 0.6 is 0 Å². The predicted octanol–water partition coefficient (Wildman–Crippen LogP) is 5.51. The van der Waals surface area contributed by atoms with Gasteiger partial charge < -0.3 is 18.9 Å². The van der Waals surface area contributed by atoms with Crippen LogP contribution in [0.15, 0.2) is 102 Å². The fraction of sp³-hybridized carbons (Fsp3) is 0.129. The van der Waals surface area contributed by atoms with Crippen LogP contribution in [0.3, 0.4) is 0 Å². The number of ether oxygens (including phenoxy) is 4. The van der Waals surface area contributed by atoms with Gasteiger partial charge in [0.15, 0.2) is 18.1 Å². The zero-order valence-electron chi connectivity index (χ0n) is 21.6. The topological polar surface area (TPSA) is 95.5 Å². The van der Waals surface area contributed by atoms with Crippen molar-refractivity contribution < 1.29 is 28.5 Å². The molecule has 0 aromatic heterocycles. The zero-order valence-corrected chi connectivity index (χ0v) is 21.6. The quantitative estimate of drug-likeness (QED) is 0.120. The molecule has 0 saturated heterocycles. The van der Waals surface area contributed by atoms with Gasteiger partial charge in [-0.05, 0) is 78.2 Å². The van der Waals surface area contributed by atoms with E-state index in [4.69, 9.17) is 18.9 Å². The van der Waals surface area contributed by atoms with Crippen LogP contribution in [-0.4, -0.2) is 38.4 Å². The molecule has 1 N–H and O–H groups in total. The molecule has 0 radical (unpaired) electrons. The number of benzene rings is 4. The molecule has 0 atom stereocenters. The maximum Gasteiger partial charge on any atom is 0.343 e. The maximum atomic E-state index is 12.5. The summed E-state index contributed by atoms with van der Waals surface area (Å²) in [7, 11) is 1.55. The summed E-state index contributed by atoms with van der Waals surface area (Å²) in [5.74, 6) is 0.925. The highest BCUT2D eigenvalue weighted by Gasteiger charge is 2.13. The number of amides is 1. The van der Waals surface area contributed by atoms with E-state index in [1.807, 2.05) is 61.5 Å². The molecular weight excluding hydrogens is 496 g/mol. The molecule has 0 aliphatic rings. The molecule has 0 heterocycles. The molecule has 0 spiro atoms. The normalized spacial score (nSPS) is 10.6. The van der Waals surface area contributed by atoms with Crippen molar-refractivity contribution >= 4 is 18.1 Å². The van der Waals surface area contributed by atoms with Crippen LogP contribution in [0, 0.1) is 0 Å². The fourth-order valence-corrected chi connectivity index (χ4v) is 3.58. The first-order valence-electron chi connectivity index (χ1n) is 12.3. The third-order valence-electron chi connectivity index (χ3n) is 5.53. The lowest BCUT2D eigenvalue weighted by Gasteiger charge is -2.11. The van der Waals surface area contributed by atoms with Crippen molar-refractivity contribution in [3.8, 4) is 34.1 Å². The van der Waals surface area contributed by atoms with Gasteiger partial charge in [-0.1, -0.05) is 42.5 Å². The van der Waals surface area contributed by atoms with Gasteiger partial charge in [-0.3, -0.25) is 4.79 Å². The van der Waals surface area contributed by atoms with Crippen LogP contribution in [0.2, 0.25) is 0 Å². The average Bonchev–Trinajstić information content (AvgIpc) is 2.98. The van der Waals surface area contributed by atoms with Crippen molar-refractivity contribution in [2.45, 2.75) is 6.92 Å². The van der Waals surface area contributed by atoms with Gasteiger partial charge in [0.25, 0.3) is 5.91 Å². The van der Waals surface area contributed by atoms with Crippen molar-refractivity contribution in [3.63, 3.8) is 0 Å². The number of hydrogen-bond donors (Lipinski definition) is 1. The first-order chi connectivity index (χ1) is 19.1. The molecule has 1 amide bonds. The summed E-state index contributed by atoms with van der Waals surface area (Å²) in [4.78, 5) is 24.7. The van der Waals surface area contributed by atoms with E-state index in [9.17, 15) is 9.59 Å². The highest BCUT2D eigenvalue weighted by molar-refractivity contribution is 5.92. The monoisotopic (exact) mass is 524 g/mol. The van der Waals surface area contributed by atoms with Gasteiger partial charge in [-0.25, -0.2) is 10.2 Å².